The van der Waals surface area contributed by atoms with Crippen molar-refractivity contribution >= 4 is 5.69 Å². The maximum absolute atomic E-state index is 5.76. The number of hydrogen-bond donors (Lipinski definition) is 2. The van der Waals surface area contributed by atoms with Crippen molar-refractivity contribution < 1.29 is 4.84 Å². The van der Waals surface area contributed by atoms with Crippen LogP contribution in [0.15, 0.2) is 42.5 Å². The summed E-state index contributed by atoms with van der Waals surface area (Å²) in [7, 11) is 0. The molecule has 0 amide bonds. The van der Waals surface area contributed by atoms with Crippen molar-refractivity contribution in [2.75, 3.05) is 5.48 Å². The molecule has 0 saturated heterocycles. The van der Waals surface area contributed by atoms with Gasteiger partial charge < -0.3 is 10.6 Å². The zero-order valence-electron chi connectivity index (χ0n) is 8.73. The Kier molecular flexibility index (Phi) is 2.04. The molecule has 3 N–H and O–H groups in total. The molecule has 3 heteroatoms. The van der Waals surface area contributed by atoms with Gasteiger partial charge >= 0.3 is 0 Å². The first-order valence-electron chi connectivity index (χ1n) is 5.24. The van der Waals surface area contributed by atoms with Gasteiger partial charge in [0, 0.05) is 17.7 Å². The standard InChI is InChI=1S/C13H12N2O/c14-8-9-4-3-6-11-13(9)10-5-1-2-7-12(10)16-15-11/h1-7,15H,8,14H2. The third-order valence-electron chi connectivity index (χ3n) is 2.80. The molecule has 0 saturated carbocycles. The Hall–Kier alpha value is -2.00. The van der Waals surface area contributed by atoms with Crippen LogP contribution in [-0.2, 0) is 6.54 Å². The first kappa shape index (κ1) is 9.24. The van der Waals surface area contributed by atoms with Gasteiger partial charge in [0.05, 0.1) is 5.69 Å². The third-order valence-corrected chi connectivity index (χ3v) is 2.80. The normalized spacial score (nSPS) is 12.1. The highest BCUT2D eigenvalue weighted by atomic mass is 16.6. The van der Waals surface area contributed by atoms with Crippen LogP contribution in [0.3, 0.4) is 0 Å². The largest absolute Gasteiger partial charge is 0.381 e. The quantitative estimate of drug-likeness (QED) is 0.763. The van der Waals surface area contributed by atoms with Crippen molar-refractivity contribution in [3.05, 3.63) is 48.0 Å². The van der Waals surface area contributed by atoms with Gasteiger partial charge in [-0.3, -0.25) is 0 Å². The lowest BCUT2D eigenvalue weighted by molar-refractivity contribution is 0.402. The third kappa shape index (κ3) is 1.26. The van der Waals surface area contributed by atoms with Gasteiger partial charge in [0.25, 0.3) is 0 Å². The number of benzene rings is 2. The van der Waals surface area contributed by atoms with Crippen molar-refractivity contribution in [2.24, 2.45) is 5.73 Å². The summed E-state index contributed by atoms with van der Waals surface area (Å²) in [6, 6.07) is 14.0. The molecule has 3 rings (SSSR count). The van der Waals surface area contributed by atoms with Crippen LogP contribution >= 0.6 is 0 Å². The van der Waals surface area contributed by atoms with Gasteiger partial charge in [-0.05, 0) is 17.7 Å². The van der Waals surface area contributed by atoms with Crippen molar-refractivity contribution in [1.29, 1.82) is 0 Å². The minimum atomic E-state index is 0.527. The van der Waals surface area contributed by atoms with E-state index >= 15 is 0 Å². The summed E-state index contributed by atoms with van der Waals surface area (Å²) in [6.45, 7) is 0.527. The second-order valence-corrected chi connectivity index (χ2v) is 3.74. The van der Waals surface area contributed by atoms with Crippen LogP contribution in [0.2, 0.25) is 0 Å². The average Bonchev–Trinajstić information content (AvgIpc) is 2.37. The minimum Gasteiger partial charge on any atom is -0.381 e. The first-order valence-corrected chi connectivity index (χ1v) is 5.24. The fraction of sp³-hybridized carbons (Fsp3) is 0.0769. The molecule has 80 valence electrons. The maximum atomic E-state index is 5.76. The molecule has 1 heterocycles. The molecule has 0 spiro atoms. The Labute approximate surface area is 93.8 Å². The van der Waals surface area contributed by atoms with Gasteiger partial charge in [0.15, 0.2) is 5.75 Å². The fourth-order valence-electron chi connectivity index (χ4n) is 2.05. The molecule has 0 aromatic heterocycles. The maximum Gasteiger partial charge on any atom is 0.162 e. The molecular formula is C13H12N2O. The highest BCUT2D eigenvalue weighted by Crippen LogP contribution is 2.40. The molecule has 1 aliphatic rings. The lowest BCUT2D eigenvalue weighted by atomic mass is 9.96. The van der Waals surface area contributed by atoms with Gasteiger partial charge in [-0.1, -0.05) is 30.3 Å². The lowest BCUT2D eigenvalue weighted by Crippen LogP contribution is -2.13. The molecule has 16 heavy (non-hydrogen) atoms. The highest BCUT2D eigenvalue weighted by molar-refractivity contribution is 5.86. The summed E-state index contributed by atoms with van der Waals surface area (Å²) in [4.78, 5) is 5.46. The predicted molar refractivity (Wildman–Crippen MR) is 64.0 cm³/mol. The van der Waals surface area contributed by atoms with E-state index < -0.39 is 0 Å². The average molecular weight is 212 g/mol. The molecule has 3 nitrogen and oxygen atoms in total. The summed E-state index contributed by atoms with van der Waals surface area (Å²) < 4.78 is 0. The Balaban J connectivity index is 2.30. The summed E-state index contributed by atoms with van der Waals surface area (Å²) in [5, 5.41) is 0. The summed E-state index contributed by atoms with van der Waals surface area (Å²) in [6.07, 6.45) is 0. The minimum absolute atomic E-state index is 0.527. The van der Waals surface area contributed by atoms with Crippen LogP contribution in [-0.4, -0.2) is 0 Å². The topological polar surface area (TPSA) is 47.3 Å². The first-order chi connectivity index (χ1) is 7.90. The van der Waals surface area contributed by atoms with Crippen LogP contribution in [0, 0.1) is 0 Å². The zero-order chi connectivity index (χ0) is 11.0. The van der Waals surface area contributed by atoms with Crippen molar-refractivity contribution in [3.8, 4) is 16.9 Å². The van der Waals surface area contributed by atoms with Gasteiger partial charge in [0.2, 0.25) is 0 Å². The Morgan fingerprint density at radius 2 is 1.94 bits per heavy atom. The van der Waals surface area contributed by atoms with Crippen LogP contribution in [0.4, 0.5) is 5.69 Å². The molecule has 2 aromatic carbocycles. The smallest absolute Gasteiger partial charge is 0.162 e. The predicted octanol–water partition coefficient (Wildman–Crippen LogP) is 2.53. The number of anilines is 1. The Morgan fingerprint density at radius 3 is 2.81 bits per heavy atom. The van der Waals surface area contributed by atoms with Gasteiger partial charge in [-0.2, -0.15) is 0 Å². The second kappa shape index (κ2) is 3.54. The Bertz CT molecular complexity index is 523. The summed E-state index contributed by atoms with van der Waals surface area (Å²) in [5.41, 5.74) is 13.0. The lowest BCUT2D eigenvalue weighted by Gasteiger charge is -2.23. The fourth-order valence-corrected chi connectivity index (χ4v) is 2.05. The molecule has 0 unspecified atom stereocenters. The number of para-hydroxylation sites is 1. The number of nitrogens with two attached hydrogens (primary N) is 1. The van der Waals surface area contributed by atoms with E-state index in [-0.39, 0.29) is 0 Å². The summed E-state index contributed by atoms with van der Waals surface area (Å²) in [5.74, 6) is 0.843. The van der Waals surface area contributed by atoms with E-state index in [1.165, 1.54) is 0 Å². The molecule has 0 aliphatic carbocycles. The van der Waals surface area contributed by atoms with Crippen LogP contribution in [0.5, 0.6) is 5.75 Å². The highest BCUT2D eigenvalue weighted by Gasteiger charge is 2.18. The van der Waals surface area contributed by atoms with Crippen LogP contribution in [0.1, 0.15) is 5.56 Å². The van der Waals surface area contributed by atoms with E-state index in [0.29, 0.717) is 6.54 Å². The molecule has 0 radical (unpaired) electrons. The monoisotopic (exact) mass is 212 g/mol. The number of rotatable bonds is 1. The van der Waals surface area contributed by atoms with Crippen LogP contribution in [0.25, 0.3) is 11.1 Å². The molecule has 2 aromatic rings. The van der Waals surface area contributed by atoms with E-state index in [4.69, 9.17) is 10.6 Å². The second-order valence-electron chi connectivity index (χ2n) is 3.74. The molecule has 0 atom stereocenters. The van der Waals surface area contributed by atoms with Gasteiger partial charge in [0.1, 0.15) is 0 Å². The van der Waals surface area contributed by atoms with E-state index in [2.05, 4.69) is 5.48 Å². The van der Waals surface area contributed by atoms with Gasteiger partial charge in [-0.15, -0.1) is 0 Å². The number of nitrogens with one attached hydrogen (secondary N) is 1. The van der Waals surface area contributed by atoms with E-state index in [1.807, 2.05) is 42.5 Å². The molecule has 1 aliphatic heterocycles. The number of hydrogen-bond acceptors (Lipinski definition) is 3. The molecule has 0 fully saturated rings. The van der Waals surface area contributed by atoms with Crippen molar-refractivity contribution in [1.82, 2.24) is 0 Å². The number of fused-ring (bicyclic) bond motifs is 3. The molecule has 0 bridgehead atoms. The summed E-state index contributed by atoms with van der Waals surface area (Å²) >= 11 is 0. The van der Waals surface area contributed by atoms with Crippen LogP contribution < -0.4 is 16.1 Å². The zero-order valence-corrected chi connectivity index (χ0v) is 8.73. The van der Waals surface area contributed by atoms with Gasteiger partial charge in [-0.25, -0.2) is 5.48 Å². The van der Waals surface area contributed by atoms with E-state index in [9.17, 15) is 0 Å². The Morgan fingerprint density at radius 1 is 1.06 bits per heavy atom. The van der Waals surface area contributed by atoms with E-state index in [0.717, 1.165) is 28.1 Å². The van der Waals surface area contributed by atoms with E-state index in [1.54, 1.807) is 0 Å². The van der Waals surface area contributed by atoms with Crippen molar-refractivity contribution in [3.63, 3.8) is 0 Å². The van der Waals surface area contributed by atoms with Crippen molar-refractivity contribution in [2.45, 2.75) is 6.54 Å². The molecular weight excluding hydrogens is 200 g/mol. The SMILES string of the molecule is NCc1cccc2c1-c1ccccc1ON2.